The molecule has 0 radical (unpaired) electrons. The lowest BCUT2D eigenvalue weighted by Crippen LogP contribution is -2.57. The number of hydrogen-bond donors (Lipinski definition) is 0. The van der Waals surface area contributed by atoms with Gasteiger partial charge in [-0.2, -0.15) is 0 Å². The minimum atomic E-state index is 0.0895. The van der Waals surface area contributed by atoms with E-state index in [1.807, 2.05) is 78.9 Å². The van der Waals surface area contributed by atoms with Gasteiger partial charge in [0.25, 0.3) is 6.71 Å². The third kappa shape index (κ3) is 8.24. The molecule has 0 N–H and O–H groups in total. The Hall–Kier alpha value is -10.5. The van der Waals surface area contributed by atoms with Crippen molar-refractivity contribution in [3.05, 3.63) is 285 Å². The molecule has 0 bridgehead atoms. The van der Waals surface area contributed by atoms with Crippen LogP contribution in [0.2, 0.25) is 0 Å². The number of ether oxygens (including phenoxy) is 4. The van der Waals surface area contributed by atoms with Crippen LogP contribution < -0.4 is 35.3 Å². The molecule has 0 unspecified atom stereocenters. The molecule has 6 nitrogen and oxygen atoms in total. The summed E-state index contributed by atoms with van der Waals surface area (Å²) in [5.74, 6) is 6.52. The molecule has 2 aromatic heterocycles. The molecule has 0 atom stereocenters. The second-order valence-corrected chi connectivity index (χ2v) is 20.0. The van der Waals surface area contributed by atoms with Gasteiger partial charge in [-0.1, -0.05) is 170 Å². The lowest BCUT2D eigenvalue weighted by Gasteiger charge is -2.33. The highest BCUT2D eigenvalue weighted by atomic mass is 16.5. The summed E-state index contributed by atoms with van der Waals surface area (Å²) < 4.78 is 30.1. The summed E-state index contributed by atoms with van der Waals surface area (Å²) in [5, 5.41) is 5.04. The number of rotatable bonds is 8. The van der Waals surface area contributed by atoms with Crippen LogP contribution in [0.25, 0.3) is 77.2 Å². The number of benzene rings is 12. The Kier molecular flexibility index (Phi) is 11.2. The van der Waals surface area contributed by atoms with Crippen molar-refractivity contribution in [3.63, 3.8) is 0 Å². The van der Waals surface area contributed by atoms with Gasteiger partial charge in [-0.05, 0) is 142 Å². The van der Waals surface area contributed by atoms with Crippen LogP contribution in [0.5, 0.6) is 46.0 Å². The number of fused-ring (bicyclic) bond motifs is 10. The molecular weight excluding hydrogens is 968 g/mol. The first-order valence-corrected chi connectivity index (χ1v) is 26.7. The molecule has 0 saturated heterocycles. The Balaban J connectivity index is 0.000000137. The monoisotopic (exact) mass is 1010 g/mol. The molecule has 0 fully saturated rings. The van der Waals surface area contributed by atoms with E-state index in [1.54, 1.807) is 0 Å². The average Bonchev–Trinajstić information content (AvgIpc) is 4.17. The average molecular weight is 1010 g/mol. The topological polar surface area (TPSA) is 46.8 Å². The maximum atomic E-state index is 6.50. The van der Waals surface area contributed by atoms with Crippen molar-refractivity contribution in [2.45, 2.75) is 0 Å². The summed E-state index contributed by atoms with van der Waals surface area (Å²) in [4.78, 5) is 0. The van der Waals surface area contributed by atoms with Gasteiger partial charge >= 0.3 is 0 Å². The fourth-order valence-electron chi connectivity index (χ4n) is 11.7. The number of para-hydroxylation sites is 8. The van der Waals surface area contributed by atoms with Gasteiger partial charge in [-0.3, -0.25) is 0 Å². The van der Waals surface area contributed by atoms with E-state index in [4.69, 9.17) is 18.9 Å². The Bertz CT molecular complexity index is 4370. The van der Waals surface area contributed by atoms with Gasteiger partial charge in [0, 0.05) is 44.4 Å². The highest BCUT2D eigenvalue weighted by Gasteiger charge is 2.40. The SMILES string of the molecule is c1ccc(Oc2cc(Oc3ccccc3)cc(-c3ccc(-n4c5ccccc5c5ccccc54)cc3)c2)cc1.c1ccc2c(c1)Oc1cc(-c3ccc(-n4c5ccccc5c5ccccc54)cc3)cc3c1B2c1ccccc1O3. The van der Waals surface area contributed by atoms with E-state index in [-0.39, 0.29) is 6.71 Å². The van der Waals surface area contributed by atoms with E-state index < -0.39 is 0 Å². The van der Waals surface area contributed by atoms with Crippen molar-refractivity contribution < 1.29 is 18.9 Å². The zero-order valence-electron chi connectivity index (χ0n) is 42.7. The molecular formula is C72H47BN2O4. The van der Waals surface area contributed by atoms with Gasteiger partial charge in [-0.25, -0.2) is 0 Å². The van der Waals surface area contributed by atoms with E-state index >= 15 is 0 Å². The maximum Gasteiger partial charge on any atom is 0.260 e. The van der Waals surface area contributed by atoms with Gasteiger partial charge in [0.15, 0.2) is 0 Å². The molecule has 16 rings (SSSR count). The molecule has 79 heavy (non-hydrogen) atoms. The molecule has 12 aromatic carbocycles. The summed E-state index contributed by atoms with van der Waals surface area (Å²) in [6, 6.07) is 98.5. The molecule has 2 aliphatic heterocycles. The third-order valence-electron chi connectivity index (χ3n) is 15.2. The molecule has 0 amide bonds. The summed E-state index contributed by atoms with van der Waals surface area (Å²) in [6.45, 7) is 0.0895. The molecule has 14 aromatic rings. The van der Waals surface area contributed by atoms with Gasteiger partial charge < -0.3 is 28.1 Å². The minimum absolute atomic E-state index is 0.0895. The summed E-state index contributed by atoms with van der Waals surface area (Å²) in [5.41, 5.74) is 14.8. The van der Waals surface area contributed by atoms with E-state index in [2.05, 4.69) is 215 Å². The van der Waals surface area contributed by atoms with Crippen molar-refractivity contribution in [1.29, 1.82) is 0 Å². The normalized spacial score (nSPS) is 12.0. The predicted octanol–water partition coefficient (Wildman–Crippen LogP) is 17.2. The van der Waals surface area contributed by atoms with Gasteiger partial charge in [0.05, 0.1) is 22.1 Å². The maximum absolute atomic E-state index is 6.50. The van der Waals surface area contributed by atoms with Crippen LogP contribution in [0.15, 0.2) is 285 Å². The highest BCUT2D eigenvalue weighted by Crippen LogP contribution is 2.41. The van der Waals surface area contributed by atoms with Crippen LogP contribution in [-0.4, -0.2) is 15.8 Å². The number of hydrogen-bond acceptors (Lipinski definition) is 4. The molecule has 4 heterocycles. The van der Waals surface area contributed by atoms with Crippen LogP contribution in [0.4, 0.5) is 0 Å². The van der Waals surface area contributed by atoms with Gasteiger partial charge in [0.1, 0.15) is 46.0 Å². The Morgan fingerprint density at radius 3 is 1.01 bits per heavy atom. The fraction of sp³-hybridized carbons (Fsp3) is 0. The van der Waals surface area contributed by atoms with E-state index in [1.165, 1.54) is 54.5 Å². The van der Waals surface area contributed by atoms with Gasteiger partial charge in [-0.15, -0.1) is 0 Å². The molecule has 0 saturated carbocycles. The van der Waals surface area contributed by atoms with Crippen LogP contribution in [-0.2, 0) is 0 Å². The van der Waals surface area contributed by atoms with Crippen molar-refractivity contribution in [2.75, 3.05) is 0 Å². The van der Waals surface area contributed by atoms with Crippen molar-refractivity contribution in [2.24, 2.45) is 0 Å². The number of aromatic nitrogens is 2. The highest BCUT2D eigenvalue weighted by molar-refractivity contribution is 6.98. The van der Waals surface area contributed by atoms with Crippen LogP contribution >= 0.6 is 0 Å². The second-order valence-electron chi connectivity index (χ2n) is 20.0. The largest absolute Gasteiger partial charge is 0.458 e. The van der Waals surface area contributed by atoms with E-state index in [0.717, 1.165) is 85.1 Å². The third-order valence-corrected chi connectivity index (χ3v) is 15.2. The lowest BCUT2D eigenvalue weighted by atomic mass is 9.35. The Morgan fingerprint density at radius 2 is 0.608 bits per heavy atom. The Labute approximate surface area is 457 Å². The minimum Gasteiger partial charge on any atom is -0.458 e. The van der Waals surface area contributed by atoms with E-state index in [9.17, 15) is 0 Å². The molecule has 0 spiro atoms. The van der Waals surface area contributed by atoms with Crippen LogP contribution in [0.1, 0.15) is 0 Å². The smallest absolute Gasteiger partial charge is 0.260 e. The zero-order valence-corrected chi connectivity index (χ0v) is 42.7. The molecule has 7 heteroatoms. The second kappa shape index (κ2) is 19.3. The lowest BCUT2D eigenvalue weighted by molar-refractivity contribution is 0.460. The summed E-state index contributed by atoms with van der Waals surface area (Å²) >= 11 is 0. The first-order valence-electron chi connectivity index (χ1n) is 26.7. The molecule has 372 valence electrons. The van der Waals surface area contributed by atoms with Crippen LogP contribution in [0, 0.1) is 0 Å². The number of nitrogens with zero attached hydrogens (tertiary/aromatic N) is 2. The Morgan fingerprint density at radius 1 is 0.266 bits per heavy atom. The van der Waals surface area contributed by atoms with Gasteiger partial charge in [0.2, 0.25) is 0 Å². The van der Waals surface area contributed by atoms with E-state index in [0.29, 0.717) is 0 Å². The molecule has 2 aliphatic rings. The summed E-state index contributed by atoms with van der Waals surface area (Å²) in [7, 11) is 0. The first-order chi connectivity index (χ1) is 39.1. The quantitative estimate of drug-likeness (QED) is 0.142. The zero-order chi connectivity index (χ0) is 52.2. The molecule has 0 aliphatic carbocycles. The standard InChI is InChI=1S/C36H22BNO2.C36H25NO2/c1-5-13-30-26(9-1)27-10-2-6-14-31(27)38(30)25-19-17-23(18-20-25)24-21-34-36-35(22-24)40-33-16-8-4-12-29(33)37(36)28-11-3-7-15-32(28)39-34;1-3-11-29(12-4-1)38-31-23-27(24-32(25-31)39-30-13-5-2-6-14-30)26-19-21-28(22-20-26)37-35-17-9-7-15-33(35)34-16-8-10-18-36(34)37/h1-22H;1-25H. The van der Waals surface area contributed by atoms with Crippen LogP contribution in [0.3, 0.4) is 0 Å². The van der Waals surface area contributed by atoms with Crippen molar-refractivity contribution in [3.8, 4) is 79.6 Å². The first kappa shape index (κ1) is 45.9. The van der Waals surface area contributed by atoms with Crippen molar-refractivity contribution >= 4 is 66.7 Å². The predicted molar refractivity (Wildman–Crippen MR) is 323 cm³/mol. The summed E-state index contributed by atoms with van der Waals surface area (Å²) in [6.07, 6.45) is 0. The fourth-order valence-corrected chi connectivity index (χ4v) is 11.7. The van der Waals surface area contributed by atoms with Crippen molar-refractivity contribution in [1.82, 2.24) is 9.13 Å².